The Kier molecular flexibility index (Phi) is 6.79. The number of nitrogens with zero attached hydrogens (tertiary/aromatic N) is 2. The Morgan fingerprint density at radius 2 is 1.83 bits per heavy atom. The molecule has 1 aliphatic rings. The van der Waals surface area contributed by atoms with Crippen molar-refractivity contribution in [1.82, 2.24) is 9.88 Å². The molecule has 0 bridgehead atoms. The molecule has 2 aromatic carbocycles. The number of hydrogen-bond acceptors (Lipinski definition) is 5. The van der Waals surface area contributed by atoms with Crippen molar-refractivity contribution in [1.29, 1.82) is 0 Å². The highest BCUT2D eigenvalue weighted by Gasteiger charge is 2.31. The van der Waals surface area contributed by atoms with Gasteiger partial charge in [-0.25, -0.2) is 4.98 Å². The molecule has 3 aromatic rings. The average molecular weight is 420 g/mol. The van der Waals surface area contributed by atoms with E-state index in [2.05, 4.69) is 46.3 Å². The summed E-state index contributed by atoms with van der Waals surface area (Å²) in [7, 11) is 0. The van der Waals surface area contributed by atoms with E-state index in [-0.39, 0.29) is 11.4 Å². The Morgan fingerprint density at radius 3 is 2.57 bits per heavy atom. The Labute approximate surface area is 181 Å². The van der Waals surface area contributed by atoms with Crippen molar-refractivity contribution < 1.29 is 9.53 Å². The Morgan fingerprint density at radius 1 is 1.10 bits per heavy atom. The lowest BCUT2D eigenvalue weighted by Crippen LogP contribution is -2.44. The number of primary amides is 1. The van der Waals surface area contributed by atoms with Gasteiger partial charge in [0.05, 0.1) is 23.5 Å². The van der Waals surface area contributed by atoms with E-state index < -0.39 is 5.91 Å². The van der Waals surface area contributed by atoms with Gasteiger partial charge in [0.2, 0.25) is 0 Å². The molecule has 2 heterocycles. The summed E-state index contributed by atoms with van der Waals surface area (Å²) in [4.78, 5) is 18.8. The van der Waals surface area contributed by atoms with Crippen molar-refractivity contribution in [2.24, 2.45) is 5.73 Å². The summed E-state index contributed by atoms with van der Waals surface area (Å²) in [6.07, 6.45) is 1.66. The lowest BCUT2D eigenvalue weighted by Gasteiger charge is -2.37. The van der Waals surface area contributed by atoms with Crippen LogP contribution in [0.1, 0.15) is 26.7 Å². The van der Waals surface area contributed by atoms with Crippen LogP contribution in [0.2, 0.25) is 0 Å². The van der Waals surface area contributed by atoms with Crippen LogP contribution in [0.25, 0.3) is 0 Å². The van der Waals surface area contributed by atoms with Crippen LogP contribution in [-0.2, 0) is 11.3 Å². The van der Waals surface area contributed by atoms with Crippen LogP contribution in [0.15, 0.2) is 84.0 Å². The fourth-order valence-electron chi connectivity index (χ4n) is 3.69. The summed E-state index contributed by atoms with van der Waals surface area (Å²) < 4.78 is 6.23. The molecule has 5 nitrogen and oxygen atoms in total. The van der Waals surface area contributed by atoms with Gasteiger partial charge in [-0.05, 0) is 23.3 Å². The van der Waals surface area contributed by atoms with Crippen LogP contribution in [-0.4, -0.2) is 41.6 Å². The molecule has 1 saturated heterocycles. The van der Waals surface area contributed by atoms with Gasteiger partial charge in [0.25, 0.3) is 5.91 Å². The Balaban J connectivity index is 1.58. The number of benzene rings is 2. The van der Waals surface area contributed by atoms with Gasteiger partial charge >= 0.3 is 0 Å². The van der Waals surface area contributed by atoms with Gasteiger partial charge in [-0.1, -0.05) is 72.4 Å². The Bertz CT molecular complexity index is 968. The van der Waals surface area contributed by atoms with Crippen LogP contribution < -0.4 is 5.73 Å². The molecule has 2 atom stereocenters. The van der Waals surface area contributed by atoms with Gasteiger partial charge in [-0.2, -0.15) is 0 Å². The lowest BCUT2D eigenvalue weighted by molar-refractivity contribution is -0.0320. The molecule has 30 heavy (non-hydrogen) atoms. The number of ether oxygens (including phenoxy) is 1. The number of rotatable bonds is 7. The third-order valence-corrected chi connectivity index (χ3v) is 6.55. The van der Waals surface area contributed by atoms with E-state index in [1.165, 1.54) is 5.56 Å². The first-order valence-electron chi connectivity index (χ1n) is 10.0. The van der Waals surface area contributed by atoms with E-state index >= 15 is 0 Å². The zero-order valence-corrected chi connectivity index (χ0v) is 17.5. The topological polar surface area (TPSA) is 68.5 Å². The Hall–Kier alpha value is -2.67. The second-order valence-corrected chi connectivity index (χ2v) is 8.43. The first-order valence-corrected chi connectivity index (χ1v) is 10.9. The minimum atomic E-state index is -0.465. The normalized spacial score (nSPS) is 18.1. The van der Waals surface area contributed by atoms with Gasteiger partial charge in [-0.3, -0.25) is 9.69 Å². The number of pyridine rings is 1. The predicted octanol–water partition coefficient (Wildman–Crippen LogP) is 3.91. The average Bonchev–Trinajstić information content (AvgIpc) is 2.79. The third kappa shape index (κ3) is 5.08. The number of amides is 1. The highest BCUT2D eigenvalue weighted by molar-refractivity contribution is 7.99. The summed E-state index contributed by atoms with van der Waals surface area (Å²) in [5.41, 5.74) is 8.47. The molecule has 4 rings (SSSR count). The van der Waals surface area contributed by atoms with E-state index in [9.17, 15) is 4.79 Å². The van der Waals surface area contributed by atoms with Crippen molar-refractivity contribution in [2.75, 3.05) is 19.7 Å². The SMILES string of the molecule is NC(=O)c1cccnc1SC(c1ccccc1)[C@@H]1CN(Cc2ccccc2)CCO1. The third-order valence-electron chi connectivity index (χ3n) is 5.17. The molecule has 2 N–H and O–H groups in total. The zero-order valence-electron chi connectivity index (χ0n) is 16.7. The summed E-state index contributed by atoms with van der Waals surface area (Å²) in [5, 5.41) is 0.639. The molecule has 0 spiro atoms. The van der Waals surface area contributed by atoms with E-state index in [0.717, 1.165) is 25.2 Å². The molecule has 1 amide bonds. The second kappa shape index (κ2) is 9.89. The van der Waals surface area contributed by atoms with Gasteiger partial charge in [0.15, 0.2) is 0 Å². The van der Waals surface area contributed by atoms with Crippen LogP contribution in [0.4, 0.5) is 0 Å². The highest BCUT2D eigenvalue weighted by atomic mass is 32.2. The summed E-state index contributed by atoms with van der Waals surface area (Å²) in [6, 6.07) is 24.2. The number of aromatic nitrogens is 1. The number of nitrogens with two attached hydrogens (primary N) is 1. The van der Waals surface area contributed by atoms with E-state index in [0.29, 0.717) is 17.2 Å². The first kappa shape index (κ1) is 20.6. The maximum absolute atomic E-state index is 11.9. The predicted molar refractivity (Wildman–Crippen MR) is 119 cm³/mol. The summed E-state index contributed by atoms with van der Waals surface area (Å²) in [5.74, 6) is -0.465. The number of carbonyl (C=O) groups is 1. The quantitative estimate of drug-likeness (QED) is 0.588. The maximum Gasteiger partial charge on any atom is 0.251 e. The van der Waals surface area contributed by atoms with Crippen LogP contribution >= 0.6 is 11.8 Å². The molecular formula is C24H25N3O2S. The minimum absolute atomic E-state index is 0.00206. The fourth-order valence-corrected chi connectivity index (χ4v) is 4.96. The second-order valence-electron chi connectivity index (χ2n) is 7.30. The van der Waals surface area contributed by atoms with E-state index in [4.69, 9.17) is 10.5 Å². The molecule has 1 aliphatic heterocycles. The number of thioether (sulfide) groups is 1. The lowest BCUT2D eigenvalue weighted by atomic mass is 10.1. The summed E-state index contributed by atoms with van der Waals surface area (Å²) >= 11 is 1.55. The van der Waals surface area contributed by atoms with Crippen molar-refractivity contribution >= 4 is 17.7 Å². The van der Waals surface area contributed by atoms with Gasteiger partial charge in [0.1, 0.15) is 5.03 Å². The molecule has 1 fully saturated rings. The molecule has 0 aliphatic carbocycles. The first-order chi connectivity index (χ1) is 14.7. The van der Waals surface area contributed by atoms with E-state index in [1.54, 1.807) is 30.1 Å². The smallest absolute Gasteiger partial charge is 0.251 e. The molecule has 0 saturated carbocycles. The van der Waals surface area contributed by atoms with Crippen molar-refractivity contribution in [3.8, 4) is 0 Å². The van der Waals surface area contributed by atoms with Crippen LogP contribution in [0, 0.1) is 0 Å². The minimum Gasteiger partial charge on any atom is -0.374 e. The maximum atomic E-state index is 11.9. The zero-order chi connectivity index (χ0) is 20.8. The van der Waals surface area contributed by atoms with Gasteiger partial charge in [-0.15, -0.1) is 0 Å². The monoisotopic (exact) mass is 419 g/mol. The number of hydrogen-bond donors (Lipinski definition) is 1. The molecular weight excluding hydrogens is 394 g/mol. The molecule has 0 radical (unpaired) electrons. The standard InChI is InChI=1S/C24H25N3O2S/c25-23(28)20-12-7-13-26-24(20)30-22(19-10-5-2-6-11-19)21-17-27(14-15-29-21)16-18-8-3-1-4-9-18/h1-13,21-22H,14-17H2,(H2,25,28)/t21-,22?/m0/s1. The molecule has 154 valence electrons. The van der Waals surface area contributed by atoms with E-state index in [1.807, 2.05) is 24.3 Å². The van der Waals surface area contributed by atoms with Gasteiger partial charge in [0, 0.05) is 25.8 Å². The van der Waals surface area contributed by atoms with Crippen molar-refractivity contribution in [3.63, 3.8) is 0 Å². The van der Waals surface area contributed by atoms with Crippen LogP contribution in [0.5, 0.6) is 0 Å². The van der Waals surface area contributed by atoms with Crippen LogP contribution in [0.3, 0.4) is 0 Å². The van der Waals surface area contributed by atoms with Crippen molar-refractivity contribution in [3.05, 3.63) is 95.7 Å². The fraction of sp³-hybridized carbons (Fsp3) is 0.250. The summed E-state index contributed by atoms with van der Waals surface area (Å²) in [6.45, 7) is 3.27. The highest BCUT2D eigenvalue weighted by Crippen LogP contribution is 2.40. The molecule has 1 unspecified atom stereocenters. The largest absolute Gasteiger partial charge is 0.374 e. The molecule has 6 heteroatoms. The number of morpholine rings is 1. The molecule has 1 aromatic heterocycles. The van der Waals surface area contributed by atoms with Crippen molar-refractivity contribution in [2.45, 2.75) is 22.9 Å². The van der Waals surface area contributed by atoms with Gasteiger partial charge < -0.3 is 10.5 Å². The number of carbonyl (C=O) groups excluding carboxylic acids is 1.